The van der Waals surface area contributed by atoms with E-state index < -0.39 is 0 Å². The van der Waals surface area contributed by atoms with Gasteiger partial charge in [-0.05, 0) is 54.8 Å². The van der Waals surface area contributed by atoms with Crippen molar-refractivity contribution < 1.29 is 14.3 Å². The zero-order chi connectivity index (χ0) is 26.0. The third kappa shape index (κ3) is 7.55. The fourth-order valence-corrected chi connectivity index (χ4v) is 4.08. The number of amides is 2. The van der Waals surface area contributed by atoms with Gasteiger partial charge >= 0.3 is 0 Å². The first-order valence-corrected chi connectivity index (χ1v) is 12.4. The number of nitrogens with zero attached hydrogens (tertiary/aromatic N) is 1. The van der Waals surface area contributed by atoms with E-state index in [0.29, 0.717) is 12.3 Å². The summed E-state index contributed by atoms with van der Waals surface area (Å²) in [6.45, 7) is 4.32. The molecule has 0 saturated carbocycles. The van der Waals surface area contributed by atoms with E-state index in [1.165, 1.54) is 0 Å². The highest BCUT2D eigenvalue weighted by molar-refractivity contribution is 5.94. The van der Waals surface area contributed by atoms with Crippen molar-refractivity contribution in [2.75, 3.05) is 11.5 Å². The summed E-state index contributed by atoms with van der Waals surface area (Å²) in [4.78, 5) is 27.8. The summed E-state index contributed by atoms with van der Waals surface area (Å²) in [5.74, 6) is 0.408. The van der Waals surface area contributed by atoms with Gasteiger partial charge < -0.3 is 15.0 Å². The Hall–Kier alpha value is -4.38. The zero-order valence-electron chi connectivity index (χ0n) is 21.3. The Labute approximate surface area is 218 Å². The standard InChI is InChI=1S/C32H32N2O3/c1-24-16-18-26(19-17-24)22-34(32(36)23-37-30-14-7-4-8-15-30)29-13-9-10-27(20-29)21-31(35)33-25(2)28-11-5-3-6-12-28/h3-20,25H,21-23H2,1-2H3,(H,33,35). The minimum atomic E-state index is -0.163. The molecule has 0 heterocycles. The predicted molar refractivity (Wildman–Crippen MR) is 147 cm³/mol. The van der Waals surface area contributed by atoms with E-state index in [1.807, 2.05) is 123 Å². The van der Waals surface area contributed by atoms with Gasteiger partial charge in [0.25, 0.3) is 5.91 Å². The lowest BCUT2D eigenvalue weighted by Gasteiger charge is -2.24. The van der Waals surface area contributed by atoms with E-state index in [9.17, 15) is 9.59 Å². The zero-order valence-corrected chi connectivity index (χ0v) is 21.3. The van der Waals surface area contributed by atoms with Crippen molar-refractivity contribution in [3.8, 4) is 5.75 Å². The molecule has 0 aliphatic rings. The first-order valence-electron chi connectivity index (χ1n) is 12.4. The Bertz CT molecular complexity index is 1300. The van der Waals surface area contributed by atoms with E-state index in [2.05, 4.69) is 5.32 Å². The van der Waals surface area contributed by atoms with Gasteiger partial charge in [0.05, 0.1) is 19.0 Å². The number of hydrogen-bond donors (Lipinski definition) is 1. The quantitative estimate of drug-likeness (QED) is 0.294. The molecule has 4 aromatic rings. The minimum absolute atomic E-state index is 0.0719. The van der Waals surface area contributed by atoms with Gasteiger partial charge in [-0.2, -0.15) is 0 Å². The van der Waals surface area contributed by atoms with Crippen molar-refractivity contribution in [1.82, 2.24) is 5.32 Å². The lowest BCUT2D eigenvalue weighted by Crippen LogP contribution is -2.34. The molecular weight excluding hydrogens is 460 g/mol. The molecule has 0 bridgehead atoms. The fraction of sp³-hybridized carbons (Fsp3) is 0.188. The normalized spacial score (nSPS) is 11.4. The van der Waals surface area contributed by atoms with Crippen LogP contribution in [0.2, 0.25) is 0 Å². The number of ether oxygens (including phenoxy) is 1. The number of aryl methyl sites for hydroxylation is 1. The third-order valence-corrected chi connectivity index (χ3v) is 6.13. The average Bonchev–Trinajstić information content (AvgIpc) is 2.92. The highest BCUT2D eigenvalue weighted by atomic mass is 16.5. The molecule has 0 saturated heterocycles. The van der Waals surface area contributed by atoms with Crippen LogP contribution >= 0.6 is 0 Å². The number of anilines is 1. The molecule has 0 spiro atoms. The first kappa shape index (κ1) is 25.7. The first-order chi connectivity index (χ1) is 18.0. The molecule has 4 aromatic carbocycles. The van der Waals surface area contributed by atoms with Crippen molar-refractivity contribution in [1.29, 1.82) is 0 Å². The van der Waals surface area contributed by atoms with E-state index in [0.717, 1.165) is 27.9 Å². The monoisotopic (exact) mass is 492 g/mol. The topological polar surface area (TPSA) is 58.6 Å². The van der Waals surface area contributed by atoms with E-state index >= 15 is 0 Å². The Morgan fingerprint density at radius 3 is 2.19 bits per heavy atom. The summed E-state index contributed by atoms with van der Waals surface area (Å²) < 4.78 is 5.75. The van der Waals surface area contributed by atoms with Crippen LogP contribution in [0.15, 0.2) is 109 Å². The van der Waals surface area contributed by atoms with Gasteiger partial charge in [-0.3, -0.25) is 9.59 Å². The Morgan fingerprint density at radius 1 is 0.811 bits per heavy atom. The number of rotatable bonds is 10. The van der Waals surface area contributed by atoms with Gasteiger partial charge in [-0.15, -0.1) is 0 Å². The van der Waals surface area contributed by atoms with E-state index in [1.54, 1.807) is 4.90 Å². The summed E-state index contributed by atoms with van der Waals surface area (Å²) >= 11 is 0. The summed E-state index contributed by atoms with van der Waals surface area (Å²) in [6.07, 6.45) is 0.220. The van der Waals surface area contributed by atoms with Crippen molar-refractivity contribution in [2.24, 2.45) is 0 Å². The molecule has 2 amide bonds. The molecule has 188 valence electrons. The lowest BCUT2D eigenvalue weighted by molar-refractivity contribution is -0.121. The molecule has 0 radical (unpaired) electrons. The maximum absolute atomic E-state index is 13.3. The molecule has 5 nitrogen and oxygen atoms in total. The number of carbonyl (C=O) groups is 2. The largest absolute Gasteiger partial charge is 0.484 e. The summed E-state index contributed by atoms with van der Waals surface area (Å²) in [6, 6.07) is 34.8. The van der Waals surface area contributed by atoms with Crippen LogP contribution in [0.4, 0.5) is 5.69 Å². The second-order valence-electron chi connectivity index (χ2n) is 9.11. The molecular formula is C32H32N2O3. The highest BCUT2D eigenvalue weighted by Crippen LogP contribution is 2.21. The van der Waals surface area contributed by atoms with Gasteiger partial charge in [0.1, 0.15) is 5.75 Å². The lowest BCUT2D eigenvalue weighted by atomic mass is 10.1. The van der Waals surface area contributed by atoms with Crippen molar-refractivity contribution >= 4 is 17.5 Å². The summed E-state index contributed by atoms with van der Waals surface area (Å²) in [7, 11) is 0. The van der Waals surface area contributed by atoms with E-state index in [-0.39, 0.29) is 30.9 Å². The Kier molecular flexibility index (Phi) is 8.71. The van der Waals surface area contributed by atoms with Gasteiger partial charge in [-0.1, -0.05) is 90.5 Å². The minimum Gasteiger partial charge on any atom is -0.484 e. The molecule has 0 aliphatic heterocycles. The number of nitrogens with one attached hydrogen (secondary N) is 1. The van der Waals surface area contributed by atoms with Crippen LogP contribution in [0.3, 0.4) is 0 Å². The van der Waals surface area contributed by atoms with Crippen LogP contribution in [0.1, 0.15) is 35.2 Å². The molecule has 0 fully saturated rings. The third-order valence-electron chi connectivity index (χ3n) is 6.13. The van der Waals surface area contributed by atoms with Crippen molar-refractivity contribution in [3.05, 3.63) is 131 Å². The van der Waals surface area contributed by atoms with Crippen LogP contribution in [0.5, 0.6) is 5.75 Å². The van der Waals surface area contributed by atoms with Crippen LogP contribution in [-0.2, 0) is 22.6 Å². The smallest absolute Gasteiger partial charge is 0.265 e. The van der Waals surface area contributed by atoms with Crippen molar-refractivity contribution in [2.45, 2.75) is 32.9 Å². The number of hydrogen-bond acceptors (Lipinski definition) is 3. The van der Waals surface area contributed by atoms with Crippen LogP contribution in [0.25, 0.3) is 0 Å². The van der Waals surface area contributed by atoms with Gasteiger partial charge in [0, 0.05) is 5.69 Å². The molecule has 1 atom stereocenters. The van der Waals surface area contributed by atoms with E-state index in [4.69, 9.17) is 4.74 Å². The number of carbonyl (C=O) groups excluding carboxylic acids is 2. The fourth-order valence-electron chi connectivity index (χ4n) is 4.08. The Morgan fingerprint density at radius 2 is 1.49 bits per heavy atom. The van der Waals surface area contributed by atoms with Gasteiger partial charge in [0.2, 0.25) is 5.91 Å². The number of benzene rings is 4. The summed E-state index contributed by atoms with van der Waals surface area (Å²) in [5, 5.41) is 3.06. The maximum Gasteiger partial charge on any atom is 0.265 e. The van der Waals surface area contributed by atoms with Gasteiger partial charge in [0.15, 0.2) is 6.61 Å². The Balaban J connectivity index is 1.49. The summed E-state index contributed by atoms with van der Waals surface area (Å²) in [5.41, 5.74) is 4.78. The molecule has 4 rings (SSSR count). The second-order valence-corrected chi connectivity index (χ2v) is 9.11. The predicted octanol–water partition coefficient (Wildman–Crippen LogP) is 6.03. The maximum atomic E-state index is 13.3. The molecule has 1 unspecified atom stereocenters. The number of para-hydroxylation sites is 1. The second kappa shape index (κ2) is 12.5. The molecule has 0 aromatic heterocycles. The van der Waals surface area contributed by atoms with Crippen LogP contribution in [0, 0.1) is 6.92 Å². The van der Waals surface area contributed by atoms with Crippen LogP contribution < -0.4 is 15.0 Å². The van der Waals surface area contributed by atoms with Gasteiger partial charge in [-0.25, -0.2) is 0 Å². The molecule has 0 aliphatic carbocycles. The van der Waals surface area contributed by atoms with Crippen molar-refractivity contribution in [3.63, 3.8) is 0 Å². The molecule has 37 heavy (non-hydrogen) atoms. The SMILES string of the molecule is Cc1ccc(CN(C(=O)COc2ccccc2)c2cccc(CC(=O)NC(C)c3ccccc3)c2)cc1. The highest BCUT2D eigenvalue weighted by Gasteiger charge is 2.18. The molecule has 5 heteroatoms. The van der Waals surface area contributed by atoms with Crippen LogP contribution in [-0.4, -0.2) is 18.4 Å². The average molecular weight is 493 g/mol. The molecule has 1 N–H and O–H groups in total.